The number of carbonyl (C=O) groups excluding carboxylic acids is 3. The number of hydrogen-bond donors (Lipinski definition) is 1. The number of aromatic nitrogens is 1. The summed E-state index contributed by atoms with van der Waals surface area (Å²) in [4.78, 5) is 40.9. The van der Waals surface area contributed by atoms with E-state index in [1.807, 2.05) is 0 Å². The lowest BCUT2D eigenvalue weighted by Gasteiger charge is -2.29. The minimum absolute atomic E-state index is 0.116. The molecule has 9 nitrogen and oxygen atoms in total. The first-order valence-corrected chi connectivity index (χ1v) is 12.4. The molecule has 3 rings (SSSR count). The van der Waals surface area contributed by atoms with Gasteiger partial charge in [0.1, 0.15) is 4.90 Å². The number of ketones is 1. The van der Waals surface area contributed by atoms with Gasteiger partial charge in [0.2, 0.25) is 15.9 Å². The van der Waals surface area contributed by atoms with Gasteiger partial charge >= 0.3 is 5.97 Å². The normalized spacial score (nSPS) is 15.5. The van der Waals surface area contributed by atoms with Gasteiger partial charge in [-0.3, -0.25) is 19.4 Å². The highest BCUT2D eigenvalue weighted by atomic mass is 32.2. The van der Waals surface area contributed by atoms with Crippen molar-refractivity contribution in [1.82, 2.24) is 9.29 Å². The van der Waals surface area contributed by atoms with Gasteiger partial charge in [-0.05, 0) is 49.2 Å². The molecule has 0 spiro atoms. The Morgan fingerprint density at radius 1 is 1.09 bits per heavy atom. The first kappa shape index (κ1) is 25.5. The second-order valence-corrected chi connectivity index (χ2v) is 11.1. The second kappa shape index (κ2) is 10.4. The van der Waals surface area contributed by atoms with Crippen molar-refractivity contribution in [3.8, 4) is 0 Å². The van der Waals surface area contributed by atoms with Gasteiger partial charge in [0.05, 0.1) is 5.92 Å². The summed E-state index contributed by atoms with van der Waals surface area (Å²) in [6, 6.07) is 9.42. The van der Waals surface area contributed by atoms with Crippen LogP contribution in [0.5, 0.6) is 0 Å². The number of amides is 1. The molecule has 2 aromatic rings. The zero-order valence-electron chi connectivity index (χ0n) is 19.5. The fraction of sp³-hybridized carbons (Fsp3) is 0.417. The highest BCUT2D eigenvalue weighted by Gasteiger charge is 2.33. The van der Waals surface area contributed by atoms with E-state index in [-0.39, 0.29) is 29.7 Å². The largest absolute Gasteiger partial charge is 0.457 e. The van der Waals surface area contributed by atoms with Crippen LogP contribution in [0.1, 0.15) is 44.0 Å². The van der Waals surface area contributed by atoms with Gasteiger partial charge in [0, 0.05) is 42.1 Å². The number of benzene rings is 1. The summed E-state index contributed by atoms with van der Waals surface area (Å²) in [5.41, 5.74) is 0.391. The third-order valence-corrected chi connectivity index (χ3v) is 7.43. The van der Waals surface area contributed by atoms with Crippen molar-refractivity contribution in [3.05, 3.63) is 54.4 Å². The standard InChI is InChI=1S/C24H29N3O6S/c1-24(2,3)23(30)26-19-8-6-17(7-9-19)21(28)16-33-22(29)18-10-13-27(14-11-18)34(31,32)20-5-4-12-25-15-20/h4-9,12,15,18H,10-11,13-14,16H2,1-3H3,(H,26,30). The average Bonchev–Trinajstić information content (AvgIpc) is 2.82. The molecule has 0 saturated carbocycles. The van der Waals surface area contributed by atoms with E-state index in [4.69, 9.17) is 4.74 Å². The number of ether oxygens (including phenoxy) is 1. The van der Waals surface area contributed by atoms with Crippen LogP contribution in [-0.2, 0) is 24.3 Å². The van der Waals surface area contributed by atoms with Crippen LogP contribution in [0.2, 0.25) is 0 Å². The quantitative estimate of drug-likeness (QED) is 0.471. The Bertz CT molecular complexity index is 1130. The summed E-state index contributed by atoms with van der Waals surface area (Å²) in [6.45, 7) is 5.38. The molecule has 0 aliphatic carbocycles. The summed E-state index contributed by atoms with van der Waals surface area (Å²) >= 11 is 0. The molecule has 1 aliphatic heterocycles. The van der Waals surface area contributed by atoms with Crippen molar-refractivity contribution in [1.29, 1.82) is 0 Å². The minimum Gasteiger partial charge on any atom is -0.457 e. The fourth-order valence-electron chi connectivity index (χ4n) is 3.38. The number of nitrogens with zero attached hydrogens (tertiary/aromatic N) is 2. The van der Waals surface area contributed by atoms with E-state index < -0.39 is 33.9 Å². The van der Waals surface area contributed by atoms with E-state index in [9.17, 15) is 22.8 Å². The predicted octanol–water partition coefficient (Wildman–Crippen LogP) is 2.89. The van der Waals surface area contributed by atoms with Crippen LogP contribution in [-0.4, -0.2) is 55.1 Å². The number of rotatable bonds is 7. The van der Waals surface area contributed by atoms with Gasteiger partial charge in [0.15, 0.2) is 12.4 Å². The molecule has 1 fully saturated rings. The van der Waals surface area contributed by atoms with Crippen LogP contribution in [0, 0.1) is 11.3 Å². The summed E-state index contributed by atoms with van der Waals surface area (Å²) in [5, 5.41) is 2.78. The highest BCUT2D eigenvalue weighted by molar-refractivity contribution is 7.89. The first-order valence-electron chi connectivity index (χ1n) is 11.0. The molecule has 1 aliphatic rings. The number of hydrogen-bond acceptors (Lipinski definition) is 7. The van der Waals surface area contributed by atoms with Crippen molar-refractivity contribution in [2.24, 2.45) is 11.3 Å². The summed E-state index contributed by atoms with van der Waals surface area (Å²) in [6.07, 6.45) is 3.43. The number of piperidine rings is 1. The Morgan fingerprint density at radius 3 is 2.29 bits per heavy atom. The molecule has 34 heavy (non-hydrogen) atoms. The summed E-state index contributed by atoms with van der Waals surface area (Å²) < 4.78 is 31.9. The second-order valence-electron chi connectivity index (χ2n) is 9.18. The van der Waals surface area contributed by atoms with Crippen LogP contribution in [0.4, 0.5) is 5.69 Å². The van der Waals surface area contributed by atoms with Gasteiger partial charge in [-0.1, -0.05) is 20.8 Å². The maximum absolute atomic E-state index is 12.7. The average molecular weight is 488 g/mol. The Labute approximate surface area is 199 Å². The van der Waals surface area contributed by atoms with Crippen molar-refractivity contribution in [3.63, 3.8) is 0 Å². The maximum Gasteiger partial charge on any atom is 0.309 e. The minimum atomic E-state index is -3.65. The predicted molar refractivity (Wildman–Crippen MR) is 126 cm³/mol. The van der Waals surface area contributed by atoms with Gasteiger partial charge in [-0.2, -0.15) is 4.31 Å². The molecule has 2 heterocycles. The molecular formula is C24H29N3O6S. The Kier molecular flexibility index (Phi) is 7.83. The number of pyridine rings is 1. The third kappa shape index (κ3) is 6.27. The maximum atomic E-state index is 12.7. The number of carbonyl (C=O) groups is 3. The molecule has 1 aromatic carbocycles. The number of anilines is 1. The Hall–Kier alpha value is -3.11. The molecule has 1 amide bonds. The smallest absolute Gasteiger partial charge is 0.309 e. The van der Waals surface area contributed by atoms with E-state index in [0.29, 0.717) is 24.1 Å². The van der Waals surface area contributed by atoms with Crippen molar-refractivity contribution in [2.45, 2.75) is 38.5 Å². The first-order chi connectivity index (χ1) is 16.0. The van der Waals surface area contributed by atoms with Gasteiger partial charge in [-0.25, -0.2) is 8.42 Å². The van der Waals surface area contributed by atoms with Crippen LogP contribution in [0.3, 0.4) is 0 Å². The Balaban J connectivity index is 1.48. The van der Waals surface area contributed by atoms with Crippen LogP contribution < -0.4 is 5.32 Å². The lowest BCUT2D eigenvalue weighted by molar-refractivity contribution is -0.148. The monoisotopic (exact) mass is 487 g/mol. The van der Waals surface area contributed by atoms with Crippen molar-refractivity contribution >= 4 is 33.4 Å². The Morgan fingerprint density at radius 2 is 1.74 bits per heavy atom. The fourth-order valence-corrected chi connectivity index (χ4v) is 4.81. The SMILES string of the molecule is CC(C)(C)C(=O)Nc1ccc(C(=O)COC(=O)C2CCN(S(=O)(=O)c3cccnc3)CC2)cc1. The topological polar surface area (TPSA) is 123 Å². The molecule has 0 bridgehead atoms. The number of Topliss-reactive ketones (excluding diaryl/α,β-unsaturated/α-hetero) is 1. The molecular weight excluding hydrogens is 458 g/mol. The van der Waals surface area contributed by atoms with Crippen LogP contribution >= 0.6 is 0 Å². The molecule has 10 heteroatoms. The van der Waals surface area contributed by atoms with E-state index in [2.05, 4.69) is 10.3 Å². The van der Waals surface area contributed by atoms with Crippen LogP contribution in [0.25, 0.3) is 0 Å². The van der Waals surface area contributed by atoms with Crippen molar-refractivity contribution < 1.29 is 27.5 Å². The van der Waals surface area contributed by atoms with Gasteiger partial charge in [0.25, 0.3) is 0 Å². The molecule has 0 unspecified atom stereocenters. The highest BCUT2D eigenvalue weighted by Crippen LogP contribution is 2.24. The van der Waals surface area contributed by atoms with Crippen LogP contribution in [0.15, 0.2) is 53.7 Å². The zero-order valence-corrected chi connectivity index (χ0v) is 20.3. The van der Waals surface area contributed by atoms with E-state index in [1.165, 1.54) is 22.8 Å². The number of esters is 1. The molecule has 0 radical (unpaired) electrons. The van der Waals surface area contributed by atoms with E-state index >= 15 is 0 Å². The summed E-state index contributed by atoms with van der Waals surface area (Å²) in [5.74, 6) is -1.48. The molecule has 182 valence electrons. The van der Waals surface area contributed by atoms with Crippen molar-refractivity contribution in [2.75, 3.05) is 25.0 Å². The molecule has 1 saturated heterocycles. The lowest BCUT2D eigenvalue weighted by Crippen LogP contribution is -2.40. The third-order valence-electron chi connectivity index (χ3n) is 5.55. The van der Waals surface area contributed by atoms with Gasteiger partial charge < -0.3 is 10.1 Å². The van der Waals surface area contributed by atoms with E-state index in [0.717, 1.165) is 0 Å². The molecule has 1 aromatic heterocycles. The van der Waals surface area contributed by atoms with E-state index in [1.54, 1.807) is 51.1 Å². The van der Waals surface area contributed by atoms with Gasteiger partial charge in [-0.15, -0.1) is 0 Å². The molecule has 1 N–H and O–H groups in total. The number of nitrogens with one attached hydrogen (secondary N) is 1. The zero-order chi connectivity index (χ0) is 24.9. The lowest BCUT2D eigenvalue weighted by atomic mass is 9.95. The summed E-state index contributed by atoms with van der Waals surface area (Å²) in [7, 11) is -3.65. The number of sulfonamides is 1. The molecule has 0 atom stereocenters.